The summed E-state index contributed by atoms with van der Waals surface area (Å²) < 4.78 is 5.35. The highest BCUT2D eigenvalue weighted by molar-refractivity contribution is 5.87. The molecule has 0 aromatic carbocycles. The van der Waals surface area contributed by atoms with Crippen molar-refractivity contribution in [1.29, 1.82) is 0 Å². The van der Waals surface area contributed by atoms with Gasteiger partial charge in [-0.1, -0.05) is 0 Å². The Balaban J connectivity index is 2.58. The minimum absolute atomic E-state index is 0.169. The third-order valence-corrected chi connectivity index (χ3v) is 3.29. The van der Waals surface area contributed by atoms with Gasteiger partial charge >= 0.3 is 12.0 Å². The summed E-state index contributed by atoms with van der Waals surface area (Å²) in [6.07, 6.45) is 0.0124. The quantitative estimate of drug-likeness (QED) is 0.520. The van der Waals surface area contributed by atoms with Crippen molar-refractivity contribution in [2.45, 2.75) is 44.4 Å². The van der Waals surface area contributed by atoms with Gasteiger partial charge in [0.05, 0.1) is 18.1 Å². The number of amides is 3. The van der Waals surface area contributed by atoms with Gasteiger partial charge in [-0.3, -0.25) is 4.79 Å². The molecule has 0 aromatic rings. The van der Waals surface area contributed by atoms with Crippen molar-refractivity contribution in [2.75, 3.05) is 6.61 Å². The van der Waals surface area contributed by atoms with Crippen LogP contribution in [0, 0.1) is 0 Å². The number of hydrogen-bond donors (Lipinski definition) is 4. The number of carbonyl (C=O) groups is 3. The molecule has 8 heteroatoms. The molecule has 2 unspecified atom stereocenters. The Morgan fingerprint density at radius 1 is 1.53 bits per heavy atom. The van der Waals surface area contributed by atoms with E-state index in [1.165, 1.54) is 0 Å². The predicted octanol–water partition coefficient (Wildman–Crippen LogP) is -0.818. The normalized spacial score (nSPS) is 27.6. The average molecular weight is 273 g/mol. The van der Waals surface area contributed by atoms with Gasteiger partial charge in [0, 0.05) is 6.61 Å². The van der Waals surface area contributed by atoms with Crippen LogP contribution in [-0.4, -0.2) is 47.3 Å². The fourth-order valence-corrected chi connectivity index (χ4v) is 1.85. The zero-order valence-electron chi connectivity index (χ0n) is 10.9. The third kappa shape index (κ3) is 4.09. The minimum Gasteiger partial charge on any atom is -0.480 e. The van der Waals surface area contributed by atoms with Crippen LogP contribution in [0.3, 0.4) is 0 Å². The van der Waals surface area contributed by atoms with Crippen molar-refractivity contribution in [1.82, 2.24) is 10.6 Å². The highest BCUT2D eigenvalue weighted by Gasteiger charge is 2.38. The number of ether oxygens (including phenoxy) is 1. The maximum absolute atomic E-state index is 11.8. The van der Waals surface area contributed by atoms with E-state index in [4.69, 9.17) is 15.6 Å². The summed E-state index contributed by atoms with van der Waals surface area (Å²) in [5, 5.41) is 13.8. The van der Waals surface area contributed by atoms with Gasteiger partial charge in [-0.2, -0.15) is 0 Å². The SMILES string of the molecule is CC1OCCC1(C)NC(=O)N[C@@H](CC(N)=O)C(=O)O. The predicted molar refractivity (Wildman–Crippen MR) is 65.3 cm³/mol. The van der Waals surface area contributed by atoms with E-state index < -0.39 is 35.9 Å². The maximum atomic E-state index is 11.8. The van der Waals surface area contributed by atoms with Crippen molar-refractivity contribution in [3.63, 3.8) is 0 Å². The first-order chi connectivity index (χ1) is 8.74. The lowest BCUT2D eigenvalue weighted by atomic mass is 9.95. The van der Waals surface area contributed by atoms with Crippen molar-refractivity contribution >= 4 is 17.9 Å². The van der Waals surface area contributed by atoms with Crippen LogP contribution in [-0.2, 0) is 14.3 Å². The summed E-state index contributed by atoms with van der Waals surface area (Å²) in [4.78, 5) is 33.4. The van der Waals surface area contributed by atoms with E-state index in [9.17, 15) is 14.4 Å². The number of carboxylic acid groups (broad SMARTS) is 1. The minimum atomic E-state index is -1.33. The lowest BCUT2D eigenvalue weighted by Gasteiger charge is -2.29. The second-order valence-electron chi connectivity index (χ2n) is 4.84. The number of carbonyl (C=O) groups excluding carboxylic acids is 2. The van der Waals surface area contributed by atoms with Crippen molar-refractivity contribution < 1.29 is 24.2 Å². The van der Waals surface area contributed by atoms with E-state index in [1.54, 1.807) is 0 Å². The van der Waals surface area contributed by atoms with Crippen LogP contribution in [0.2, 0.25) is 0 Å². The summed E-state index contributed by atoms with van der Waals surface area (Å²) in [5.41, 5.74) is 4.37. The largest absolute Gasteiger partial charge is 0.480 e. The van der Waals surface area contributed by atoms with Gasteiger partial charge in [0.1, 0.15) is 6.04 Å². The van der Waals surface area contributed by atoms with Crippen molar-refractivity contribution in [3.8, 4) is 0 Å². The molecule has 1 rings (SSSR count). The number of primary amides is 1. The zero-order chi connectivity index (χ0) is 14.6. The smallest absolute Gasteiger partial charge is 0.326 e. The Hall–Kier alpha value is -1.83. The Kier molecular flexibility index (Phi) is 4.71. The van der Waals surface area contributed by atoms with Gasteiger partial charge in [-0.15, -0.1) is 0 Å². The van der Waals surface area contributed by atoms with Gasteiger partial charge in [0.25, 0.3) is 0 Å². The first-order valence-electron chi connectivity index (χ1n) is 5.96. The van der Waals surface area contributed by atoms with Gasteiger partial charge in [-0.25, -0.2) is 9.59 Å². The molecule has 19 heavy (non-hydrogen) atoms. The first kappa shape index (κ1) is 15.2. The summed E-state index contributed by atoms with van der Waals surface area (Å²) in [6, 6.07) is -1.99. The molecule has 1 saturated heterocycles. The van der Waals surface area contributed by atoms with Crippen LogP contribution in [0.4, 0.5) is 4.79 Å². The van der Waals surface area contributed by atoms with E-state index in [0.717, 1.165) is 0 Å². The molecule has 108 valence electrons. The molecule has 5 N–H and O–H groups in total. The standard InChI is InChI=1S/C11H19N3O5/c1-6-11(2,3-4-19-6)14-10(18)13-7(9(16)17)5-8(12)15/h6-7H,3-5H2,1-2H3,(H2,12,15)(H,16,17)(H2,13,14,18)/t6?,7-,11?/m0/s1. The Bertz CT molecular complexity index is 387. The molecule has 0 aliphatic carbocycles. The molecular formula is C11H19N3O5. The van der Waals surface area contributed by atoms with Gasteiger partial charge in [0.2, 0.25) is 5.91 Å². The molecule has 1 fully saturated rings. The van der Waals surface area contributed by atoms with Crippen LogP contribution < -0.4 is 16.4 Å². The summed E-state index contributed by atoms with van der Waals surface area (Å²) >= 11 is 0. The summed E-state index contributed by atoms with van der Waals surface area (Å²) in [5.74, 6) is -2.11. The van der Waals surface area contributed by atoms with E-state index in [0.29, 0.717) is 13.0 Å². The number of carboxylic acids is 1. The van der Waals surface area contributed by atoms with Crippen LogP contribution in [0.1, 0.15) is 26.7 Å². The Morgan fingerprint density at radius 3 is 2.58 bits per heavy atom. The second kappa shape index (κ2) is 5.87. The van der Waals surface area contributed by atoms with E-state index in [1.807, 2.05) is 13.8 Å². The van der Waals surface area contributed by atoms with Gasteiger partial charge in [0.15, 0.2) is 0 Å². The molecule has 1 heterocycles. The second-order valence-corrected chi connectivity index (χ2v) is 4.84. The van der Waals surface area contributed by atoms with E-state index >= 15 is 0 Å². The molecule has 8 nitrogen and oxygen atoms in total. The zero-order valence-corrected chi connectivity index (χ0v) is 10.9. The first-order valence-corrected chi connectivity index (χ1v) is 5.96. The highest BCUT2D eigenvalue weighted by atomic mass is 16.5. The molecule has 1 aliphatic rings. The molecule has 0 aromatic heterocycles. The molecule has 3 amide bonds. The van der Waals surface area contributed by atoms with Crippen molar-refractivity contribution in [2.24, 2.45) is 5.73 Å². The number of rotatable bonds is 5. The Morgan fingerprint density at radius 2 is 2.16 bits per heavy atom. The monoisotopic (exact) mass is 273 g/mol. The number of hydrogen-bond acceptors (Lipinski definition) is 4. The Labute approximate surface area is 110 Å². The number of aliphatic carboxylic acids is 1. The molecular weight excluding hydrogens is 254 g/mol. The van der Waals surface area contributed by atoms with E-state index in [-0.39, 0.29) is 6.10 Å². The summed E-state index contributed by atoms with van der Waals surface area (Å²) in [7, 11) is 0. The third-order valence-electron chi connectivity index (χ3n) is 3.29. The fraction of sp³-hybridized carbons (Fsp3) is 0.727. The average Bonchev–Trinajstić information content (AvgIpc) is 2.57. The fourth-order valence-electron chi connectivity index (χ4n) is 1.85. The van der Waals surface area contributed by atoms with Crippen LogP contribution >= 0.6 is 0 Å². The molecule has 0 spiro atoms. The van der Waals surface area contributed by atoms with Gasteiger partial charge < -0.3 is 26.2 Å². The number of nitrogens with two attached hydrogens (primary N) is 1. The molecule has 0 radical (unpaired) electrons. The molecule has 0 bridgehead atoms. The highest BCUT2D eigenvalue weighted by Crippen LogP contribution is 2.24. The summed E-state index contributed by atoms with van der Waals surface area (Å²) in [6.45, 7) is 4.17. The van der Waals surface area contributed by atoms with Crippen LogP contribution in [0.5, 0.6) is 0 Å². The molecule has 1 aliphatic heterocycles. The van der Waals surface area contributed by atoms with Crippen LogP contribution in [0.25, 0.3) is 0 Å². The number of urea groups is 1. The number of nitrogens with one attached hydrogen (secondary N) is 2. The van der Waals surface area contributed by atoms with Crippen molar-refractivity contribution in [3.05, 3.63) is 0 Å². The topological polar surface area (TPSA) is 131 Å². The molecule has 3 atom stereocenters. The molecule has 0 saturated carbocycles. The van der Waals surface area contributed by atoms with E-state index in [2.05, 4.69) is 10.6 Å². The maximum Gasteiger partial charge on any atom is 0.326 e. The van der Waals surface area contributed by atoms with Crippen LogP contribution in [0.15, 0.2) is 0 Å². The van der Waals surface area contributed by atoms with Gasteiger partial charge in [-0.05, 0) is 20.3 Å². The lowest BCUT2D eigenvalue weighted by molar-refractivity contribution is -0.140. The lowest BCUT2D eigenvalue weighted by Crippen LogP contribution is -2.57.